The fraction of sp³-hybridized carbons (Fsp3) is 0.588. The van der Waals surface area contributed by atoms with E-state index < -0.39 is 17.9 Å². The number of hydrogen-bond donors (Lipinski definition) is 1. The van der Waals surface area contributed by atoms with Gasteiger partial charge in [0, 0.05) is 25.2 Å². The number of rotatable bonds is 7. The normalized spacial score (nSPS) is 15.7. The van der Waals surface area contributed by atoms with E-state index in [1.807, 2.05) is 6.92 Å². The molecule has 154 valence electrons. The molecule has 1 aliphatic rings. The molecule has 1 aliphatic carbocycles. The lowest BCUT2D eigenvalue weighted by Gasteiger charge is -2.13. The lowest BCUT2D eigenvalue weighted by molar-refractivity contribution is -0.141. The number of hydrogen-bond acceptors (Lipinski definition) is 3. The number of carbonyl (C=O) groups is 1. The molecule has 1 fully saturated rings. The number of nitrogens with zero attached hydrogens (tertiary/aromatic N) is 4. The first-order valence-corrected chi connectivity index (χ1v) is 10.1. The number of halogens is 5. The molecule has 0 aliphatic heterocycles. The molecule has 2 heterocycles. The van der Waals surface area contributed by atoms with E-state index >= 15 is 0 Å². The van der Waals surface area contributed by atoms with Gasteiger partial charge in [-0.3, -0.25) is 14.2 Å². The second-order valence-electron chi connectivity index (χ2n) is 6.91. The Bertz CT molecular complexity index is 856. The van der Waals surface area contributed by atoms with Crippen LogP contribution >= 0.6 is 27.5 Å². The van der Waals surface area contributed by atoms with E-state index in [0.717, 1.165) is 23.0 Å². The number of amides is 1. The van der Waals surface area contributed by atoms with Crippen molar-refractivity contribution in [3.63, 3.8) is 0 Å². The van der Waals surface area contributed by atoms with Crippen molar-refractivity contribution < 1.29 is 18.0 Å². The summed E-state index contributed by atoms with van der Waals surface area (Å²) >= 11 is 9.30. The van der Waals surface area contributed by atoms with Crippen LogP contribution in [0.1, 0.15) is 55.2 Å². The number of alkyl halides is 3. The molecule has 3 rings (SSSR count). The van der Waals surface area contributed by atoms with E-state index in [2.05, 4.69) is 31.4 Å². The van der Waals surface area contributed by atoms with Crippen LogP contribution in [0.4, 0.5) is 13.2 Å². The second kappa shape index (κ2) is 8.06. The zero-order valence-electron chi connectivity index (χ0n) is 15.4. The van der Waals surface area contributed by atoms with Gasteiger partial charge in [-0.05, 0) is 49.0 Å². The summed E-state index contributed by atoms with van der Waals surface area (Å²) < 4.78 is 42.9. The van der Waals surface area contributed by atoms with Crippen molar-refractivity contribution in [2.45, 2.75) is 57.8 Å². The number of aryl methyl sites for hydroxylation is 2. The number of aromatic nitrogens is 4. The average Bonchev–Trinajstić information content (AvgIpc) is 3.31. The SMILES string of the molecule is Cc1nn(C(C)C(=O)NCCCn2nc(C(F)(F)F)c(Cl)c2C2CC2)cc1Br. The monoisotopic (exact) mass is 481 g/mol. The Labute approximate surface area is 173 Å². The standard InChI is InChI=1S/C17H20BrClF3N5O/c1-9-12(18)8-27(24-9)10(2)16(28)23-6-3-7-26-14(11-4-5-11)13(19)15(25-26)17(20,21)22/h8,10-11H,3-7H2,1-2H3,(H,23,28). The van der Waals surface area contributed by atoms with Crippen LogP contribution < -0.4 is 5.32 Å². The van der Waals surface area contributed by atoms with Crippen LogP contribution in [0.5, 0.6) is 0 Å². The van der Waals surface area contributed by atoms with Crippen LogP contribution in [0, 0.1) is 6.92 Å². The Kier molecular flexibility index (Phi) is 6.09. The minimum absolute atomic E-state index is 0.0345. The highest BCUT2D eigenvalue weighted by atomic mass is 79.9. The first-order chi connectivity index (χ1) is 13.1. The van der Waals surface area contributed by atoms with Crippen LogP contribution in [0.15, 0.2) is 10.7 Å². The van der Waals surface area contributed by atoms with Crippen LogP contribution in [0.3, 0.4) is 0 Å². The van der Waals surface area contributed by atoms with Gasteiger partial charge >= 0.3 is 6.18 Å². The van der Waals surface area contributed by atoms with Crippen LogP contribution in [0.2, 0.25) is 5.02 Å². The lowest BCUT2D eigenvalue weighted by Crippen LogP contribution is -2.32. The maximum Gasteiger partial charge on any atom is 0.436 e. The summed E-state index contributed by atoms with van der Waals surface area (Å²) in [5, 5.41) is 10.4. The third-order valence-electron chi connectivity index (χ3n) is 4.64. The van der Waals surface area contributed by atoms with Crippen molar-refractivity contribution in [2.24, 2.45) is 0 Å². The van der Waals surface area contributed by atoms with Crippen molar-refractivity contribution in [3.05, 3.63) is 32.8 Å². The number of nitrogens with one attached hydrogen (secondary N) is 1. The zero-order chi connectivity index (χ0) is 20.6. The minimum atomic E-state index is -4.58. The predicted octanol–water partition coefficient (Wildman–Crippen LogP) is 4.47. The van der Waals surface area contributed by atoms with Crippen LogP contribution in [-0.4, -0.2) is 32.0 Å². The van der Waals surface area contributed by atoms with Gasteiger partial charge in [-0.15, -0.1) is 0 Å². The van der Waals surface area contributed by atoms with Gasteiger partial charge in [0.2, 0.25) is 5.91 Å². The lowest BCUT2D eigenvalue weighted by atomic mass is 10.2. The van der Waals surface area contributed by atoms with Gasteiger partial charge in [-0.2, -0.15) is 23.4 Å². The largest absolute Gasteiger partial charge is 0.436 e. The van der Waals surface area contributed by atoms with Crippen LogP contribution in [-0.2, 0) is 17.5 Å². The molecule has 0 aromatic carbocycles. The molecule has 0 saturated heterocycles. The fourth-order valence-corrected chi connectivity index (χ4v) is 3.60. The van der Waals surface area contributed by atoms with Crippen molar-refractivity contribution in [1.29, 1.82) is 0 Å². The molecule has 2 aromatic rings. The molecule has 1 atom stereocenters. The summed E-state index contributed by atoms with van der Waals surface area (Å²) in [7, 11) is 0. The van der Waals surface area contributed by atoms with E-state index in [1.165, 1.54) is 4.68 Å². The molecule has 1 N–H and O–H groups in total. The minimum Gasteiger partial charge on any atom is -0.354 e. The summed E-state index contributed by atoms with van der Waals surface area (Å²) in [6.07, 6.45) is -0.779. The summed E-state index contributed by atoms with van der Waals surface area (Å²) in [6.45, 7) is 4.12. The highest BCUT2D eigenvalue weighted by Gasteiger charge is 2.41. The van der Waals surface area contributed by atoms with Gasteiger partial charge in [0.25, 0.3) is 0 Å². The molecular weight excluding hydrogens is 463 g/mol. The van der Waals surface area contributed by atoms with Gasteiger partial charge < -0.3 is 5.32 Å². The second-order valence-corrected chi connectivity index (χ2v) is 8.14. The van der Waals surface area contributed by atoms with E-state index in [1.54, 1.807) is 17.8 Å². The molecular formula is C17H20BrClF3N5O. The van der Waals surface area contributed by atoms with Crippen molar-refractivity contribution in [2.75, 3.05) is 6.54 Å². The van der Waals surface area contributed by atoms with Gasteiger partial charge in [0.1, 0.15) is 6.04 Å². The van der Waals surface area contributed by atoms with Crippen molar-refractivity contribution in [3.8, 4) is 0 Å². The Morgan fingerprint density at radius 3 is 2.64 bits per heavy atom. The van der Waals surface area contributed by atoms with Gasteiger partial charge in [0.05, 0.1) is 20.9 Å². The molecule has 0 bridgehead atoms. The molecule has 0 radical (unpaired) electrons. The summed E-state index contributed by atoms with van der Waals surface area (Å²) in [5.41, 5.74) is 0.196. The Hall–Kier alpha value is -1.55. The fourth-order valence-electron chi connectivity index (χ4n) is 2.92. The summed E-state index contributed by atoms with van der Waals surface area (Å²) in [5.74, 6) is -0.181. The maximum absolute atomic E-state index is 13.1. The Morgan fingerprint density at radius 2 is 2.11 bits per heavy atom. The molecule has 1 unspecified atom stereocenters. The third kappa shape index (κ3) is 4.53. The topological polar surface area (TPSA) is 64.7 Å². The quantitative estimate of drug-likeness (QED) is 0.592. The van der Waals surface area contributed by atoms with E-state index in [-0.39, 0.29) is 23.4 Å². The van der Waals surface area contributed by atoms with Crippen molar-refractivity contribution >= 4 is 33.4 Å². The number of carbonyl (C=O) groups excluding carboxylic acids is 1. The average molecular weight is 483 g/mol. The molecule has 11 heteroatoms. The van der Waals surface area contributed by atoms with Gasteiger partial charge in [0.15, 0.2) is 5.69 Å². The van der Waals surface area contributed by atoms with Crippen molar-refractivity contribution in [1.82, 2.24) is 24.9 Å². The molecule has 6 nitrogen and oxygen atoms in total. The highest BCUT2D eigenvalue weighted by molar-refractivity contribution is 9.10. The van der Waals surface area contributed by atoms with Gasteiger partial charge in [-0.25, -0.2) is 0 Å². The zero-order valence-corrected chi connectivity index (χ0v) is 17.7. The predicted molar refractivity (Wildman–Crippen MR) is 101 cm³/mol. The Morgan fingerprint density at radius 1 is 1.43 bits per heavy atom. The van der Waals surface area contributed by atoms with Crippen LogP contribution in [0.25, 0.3) is 0 Å². The molecule has 28 heavy (non-hydrogen) atoms. The smallest absolute Gasteiger partial charge is 0.354 e. The summed E-state index contributed by atoms with van der Waals surface area (Å²) in [6, 6.07) is -0.497. The maximum atomic E-state index is 13.1. The molecule has 2 aromatic heterocycles. The highest BCUT2D eigenvalue weighted by Crippen LogP contribution is 2.46. The van der Waals surface area contributed by atoms with E-state index in [0.29, 0.717) is 18.7 Å². The van der Waals surface area contributed by atoms with E-state index in [9.17, 15) is 18.0 Å². The summed E-state index contributed by atoms with van der Waals surface area (Å²) in [4.78, 5) is 12.3. The van der Waals surface area contributed by atoms with Gasteiger partial charge in [-0.1, -0.05) is 11.6 Å². The molecule has 0 spiro atoms. The first kappa shape index (κ1) is 21.2. The molecule has 1 saturated carbocycles. The first-order valence-electron chi connectivity index (χ1n) is 8.92. The Balaban J connectivity index is 1.57. The molecule has 1 amide bonds. The van der Waals surface area contributed by atoms with E-state index in [4.69, 9.17) is 11.6 Å². The third-order valence-corrected chi connectivity index (χ3v) is 5.79.